The first-order chi connectivity index (χ1) is 21.0. The van der Waals surface area contributed by atoms with Crippen LogP contribution in [0.4, 0.5) is 5.69 Å². The molecule has 1 N–H and O–H groups in total. The van der Waals surface area contributed by atoms with Gasteiger partial charge >= 0.3 is 0 Å². The molecule has 0 aromatic heterocycles. The molecule has 0 bridgehead atoms. The molecule has 1 atom stereocenters. The summed E-state index contributed by atoms with van der Waals surface area (Å²) < 4.78 is 29.6. The summed E-state index contributed by atoms with van der Waals surface area (Å²) in [6, 6.07) is 27.0. The number of anilines is 1. The summed E-state index contributed by atoms with van der Waals surface area (Å²) in [4.78, 5) is 29.3. The van der Waals surface area contributed by atoms with E-state index in [0.717, 1.165) is 21.0 Å². The minimum Gasteiger partial charge on any atom is -0.357 e. The van der Waals surface area contributed by atoms with Crippen molar-refractivity contribution in [2.75, 3.05) is 17.9 Å². The van der Waals surface area contributed by atoms with Crippen LogP contribution in [0.3, 0.4) is 0 Å². The lowest BCUT2D eigenvalue weighted by Gasteiger charge is -2.34. The summed E-state index contributed by atoms with van der Waals surface area (Å²) in [5.74, 6) is -0.939. The van der Waals surface area contributed by atoms with Gasteiger partial charge in [-0.3, -0.25) is 13.9 Å². The molecular weight excluding hydrogens is 617 g/mol. The molecular formula is C34H35Cl2N3O4S. The van der Waals surface area contributed by atoms with Gasteiger partial charge in [-0.15, -0.1) is 0 Å². The molecule has 0 fully saturated rings. The lowest BCUT2D eigenvalue weighted by atomic mass is 10.0. The third kappa shape index (κ3) is 7.80. The lowest BCUT2D eigenvalue weighted by molar-refractivity contribution is -0.139. The summed E-state index contributed by atoms with van der Waals surface area (Å²) in [7, 11) is -2.67. The maximum Gasteiger partial charge on any atom is 0.264 e. The number of carbonyl (C=O) groups is 2. The molecule has 4 aromatic rings. The molecule has 2 amide bonds. The zero-order valence-corrected chi connectivity index (χ0v) is 27.2. The molecule has 4 aromatic carbocycles. The Morgan fingerprint density at radius 3 is 2.14 bits per heavy atom. The minimum absolute atomic E-state index is 0.00547. The van der Waals surface area contributed by atoms with Crippen molar-refractivity contribution < 1.29 is 18.0 Å². The Kier molecular flexibility index (Phi) is 11.1. The average Bonchev–Trinajstić information content (AvgIpc) is 3.03. The van der Waals surface area contributed by atoms with Crippen molar-refractivity contribution in [1.82, 2.24) is 10.2 Å². The number of nitrogens with zero attached hydrogens (tertiary/aromatic N) is 2. The lowest BCUT2D eigenvalue weighted by Crippen LogP contribution is -2.53. The topological polar surface area (TPSA) is 86.8 Å². The molecule has 0 saturated carbocycles. The predicted octanol–water partition coefficient (Wildman–Crippen LogP) is 6.45. The van der Waals surface area contributed by atoms with Crippen LogP contribution in [-0.2, 0) is 39.0 Å². The minimum atomic E-state index is -4.18. The Labute approximate surface area is 269 Å². The van der Waals surface area contributed by atoms with Crippen LogP contribution in [0.15, 0.2) is 102 Å². The number of nitrogens with one attached hydrogen (secondary N) is 1. The van der Waals surface area contributed by atoms with Crippen LogP contribution >= 0.6 is 23.2 Å². The first kappa shape index (κ1) is 33.1. The second-order valence-corrected chi connectivity index (χ2v) is 13.1. The highest BCUT2D eigenvalue weighted by Crippen LogP contribution is 2.29. The molecule has 0 aliphatic heterocycles. The summed E-state index contributed by atoms with van der Waals surface area (Å²) in [5.41, 5.74) is 3.55. The maximum atomic E-state index is 14.4. The zero-order chi connectivity index (χ0) is 31.9. The van der Waals surface area contributed by atoms with Gasteiger partial charge in [0.1, 0.15) is 12.6 Å². The summed E-state index contributed by atoms with van der Waals surface area (Å²) in [6.45, 7) is 3.26. The van der Waals surface area contributed by atoms with E-state index in [2.05, 4.69) is 5.32 Å². The number of halogens is 2. The van der Waals surface area contributed by atoms with Crippen LogP contribution in [-0.4, -0.2) is 44.8 Å². The van der Waals surface area contributed by atoms with E-state index in [1.807, 2.05) is 56.3 Å². The highest BCUT2D eigenvalue weighted by Gasteiger charge is 2.35. The van der Waals surface area contributed by atoms with Crippen molar-refractivity contribution >= 4 is 50.7 Å². The number of hydrogen-bond acceptors (Lipinski definition) is 4. The van der Waals surface area contributed by atoms with Gasteiger partial charge < -0.3 is 10.2 Å². The molecule has 230 valence electrons. The average molecular weight is 653 g/mol. The first-order valence-corrected chi connectivity index (χ1v) is 16.4. The zero-order valence-electron chi connectivity index (χ0n) is 24.8. The van der Waals surface area contributed by atoms with Crippen molar-refractivity contribution in [1.29, 1.82) is 0 Å². The van der Waals surface area contributed by atoms with E-state index >= 15 is 0 Å². The largest absolute Gasteiger partial charge is 0.357 e. The number of aryl methyl sites for hydroxylation is 2. The second kappa shape index (κ2) is 14.8. The van der Waals surface area contributed by atoms with Gasteiger partial charge in [-0.25, -0.2) is 8.42 Å². The van der Waals surface area contributed by atoms with Crippen molar-refractivity contribution in [3.05, 3.63) is 129 Å². The molecule has 7 nitrogen and oxygen atoms in total. The number of likely N-dealkylation sites (N-methyl/N-ethyl adjacent to an activating group) is 1. The van der Waals surface area contributed by atoms with Crippen molar-refractivity contribution in [3.8, 4) is 0 Å². The predicted molar refractivity (Wildman–Crippen MR) is 177 cm³/mol. The van der Waals surface area contributed by atoms with Gasteiger partial charge in [0.25, 0.3) is 10.0 Å². The van der Waals surface area contributed by atoms with Gasteiger partial charge in [-0.05, 0) is 60.4 Å². The molecule has 44 heavy (non-hydrogen) atoms. The molecule has 0 aliphatic carbocycles. The fourth-order valence-electron chi connectivity index (χ4n) is 4.96. The second-order valence-electron chi connectivity index (χ2n) is 10.4. The molecule has 0 radical (unpaired) electrons. The Morgan fingerprint density at radius 1 is 0.841 bits per heavy atom. The van der Waals surface area contributed by atoms with Gasteiger partial charge in [-0.1, -0.05) is 102 Å². The van der Waals surface area contributed by atoms with Crippen LogP contribution in [0.25, 0.3) is 0 Å². The van der Waals surface area contributed by atoms with E-state index in [9.17, 15) is 18.0 Å². The van der Waals surface area contributed by atoms with Crippen LogP contribution in [0, 0.1) is 6.92 Å². The molecule has 0 heterocycles. The van der Waals surface area contributed by atoms with Crippen molar-refractivity contribution in [3.63, 3.8) is 0 Å². The highest BCUT2D eigenvalue weighted by atomic mass is 35.5. The van der Waals surface area contributed by atoms with Gasteiger partial charge in [0.2, 0.25) is 11.8 Å². The summed E-state index contributed by atoms with van der Waals surface area (Å²) >= 11 is 12.5. The number of hydrogen-bond donors (Lipinski definition) is 1. The fraction of sp³-hybridized carbons (Fsp3) is 0.235. The monoisotopic (exact) mass is 651 g/mol. The number of rotatable bonds is 12. The molecule has 0 spiro atoms. The Bertz CT molecular complexity index is 1710. The normalized spacial score (nSPS) is 11.9. The maximum absolute atomic E-state index is 14.4. The van der Waals surface area contributed by atoms with E-state index in [-0.39, 0.29) is 23.8 Å². The van der Waals surface area contributed by atoms with E-state index in [4.69, 9.17) is 23.2 Å². The van der Waals surface area contributed by atoms with E-state index in [1.54, 1.807) is 42.5 Å². The van der Waals surface area contributed by atoms with E-state index < -0.39 is 28.5 Å². The van der Waals surface area contributed by atoms with Gasteiger partial charge in [-0.2, -0.15) is 0 Å². The van der Waals surface area contributed by atoms with Crippen LogP contribution in [0.1, 0.15) is 29.2 Å². The molecule has 0 aliphatic rings. The van der Waals surface area contributed by atoms with Crippen molar-refractivity contribution in [2.45, 2.75) is 44.2 Å². The Balaban J connectivity index is 1.82. The molecule has 10 heteroatoms. The number of benzene rings is 4. The Morgan fingerprint density at radius 2 is 1.50 bits per heavy atom. The van der Waals surface area contributed by atoms with Gasteiger partial charge in [0.05, 0.1) is 20.6 Å². The molecule has 4 rings (SSSR count). The van der Waals surface area contributed by atoms with E-state index in [0.29, 0.717) is 27.7 Å². The highest BCUT2D eigenvalue weighted by molar-refractivity contribution is 7.92. The number of carbonyl (C=O) groups excluding carboxylic acids is 2. The third-order valence-electron chi connectivity index (χ3n) is 7.38. The smallest absolute Gasteiger partial charge is 0.264 e. The van der Waals surface area contributed by atoms with Crippen LogP contribution in [0.5, 0.6) is 0 Å². The van der Waals surface area contributed by atoms with Crippen molar-refractivity contribution in [2.24, 2.45) is 0 Å². The third-order valence-corrected chi connectivity index (χ3v) is 9.90. The number of amides is 2. The standard InChI is InChI=1S/C34H35Cl2N3O4S/c1-4-27-12-8-9-13-31(27)39(44(42,43)28-17-14-24(2)15-18-28)23-33(40)38(22-26-16-19-29(35)30(36)20-26)32(34(41)37-3)21-25-10-6-5-7-11-25/h5-20,32H,4,21-23H2,1-3H3,(H,37,41)/t32-/m1/s1. The Hall–Kier alpha value is -3.85. The first-order valence-electron chi connectivity index (χ1n) is 14.2. The van der Waals surface area contributed by atoms with Crippen LogP contribution in [0.2, 0.25) is 10.0 Å². The SMILES string of the molecule is CCc1ccccc1N(CC(=O)N(Cc1ccc(Cl)c(Cl)c1)[C@H](Cc1ccccc1)C(=O)NC)S(=O)(=O)c1ccc(C)cc1. The molecule has 0 saturated heterocycles. The molecule has 0 unspecified atom stereocenters. The fourth-order valence-corrected chi connectivity index (χ4v) is 6.73. The summed E-state index contributed by atoms with van der Waals surface area (Å²) in [5, 5.41) is 3.34. The number of para-hydroxylation sites is 1. The quantitative estimate of drug-likeness (QED) is 0.191. The van der Waals surface area contributed by atoms with Crippen LogP contribution < -0.4 is 9.62 Å². The van der Waals surface area contributed by atoms with E-state index in [1.165, 1.54) is 24.1 Å². The summed E-state index contributed by atoms with van der Waals surface area (Å²) in [6.07, 6.45) is 0.760. The van der Waals surface area contributed by atoms with Gasteiger partial charge in [0, 0.05) is 20.0 Å². The van der Waals surface area contributed by atoms with Gasteiger partial charge in [0.15, 0.2) is 0 Å². The number of sulfonamides is 1.